The maximum absolute atomic E-state index is 13.4. The fourth-order valence-electron chi connectivity index (χ4n) is 4.51. The van der Waals surface area contributed by atoms with Gasteiger partial charge >= 0.3 is 0 Å². The molecule has 0 bridgehead atoms. The standard InChI is InChI=1S/C23H22FN3O3/c24-16-5-6-19-21(13-16)30-25-22(19)15-7-9-26(10-8-15)11-12-27-14-20(28)17-3-1-2-4-18(17)23(27)29/h1-6,13,15H,7-12,14H2. The first-order chi connectivity index (χ1) is 14.6. The van der Waals surface area contributed by atoms with Crippen molar-refractivity contribution in [3.63, 3.8) is 0 Å². The molecule has 0 radical (unpaired) electrons. The second-order valence-electron chi connectivity index (χ2n) is 8.02. The number of likely N-dealkylation sites (tertiary alicyclic amines) is 1. The van der Waals surface area contributed by atoms with Gasteiger partial charge in [0.25, 0.3) is 5.91 Å². The second kappa shape index (κ2) is 7.65. The Morgan fingerprint density at radius 3 is 2.60 bits per heavy atom. The van der Waals surface area contributed by atoms with E-state index in [0.29, 0.717) is 23.3 Å². The number of aromatic nitrogens is 1. The lowest BCUT2D eigenvalue weighted by atomic mass is 9.91. The first-order valence-corrected chi connectivity index (χ1v) is 10.3. The van der Waals surface area contributed by atoms with Crippen molar-refractivity contribution in [1.29, 1.82) is 0 Å². The third-order valence-electron chi connectivity index (χ3n) is 6.20. The highest BCUT2D eigenvalue weighted by Gasteiger charge is 2.30. The number of amides is 1. The maximum atomic E-state index is 13.4. The van der Waals surface area contributed by atoms with E-state index >= 15 is 0 Å². The van der Waals surface area contributed by atoms with Crippen LogP contribution in [0.2, 0.25) is 0 Å². The van der Waals surface area contributed by atoms with Gasteiger partial charge in [0.1, 0.15) is 5.82 Å². The number of benzene rings is 2. The smallest absolute Gasteiger partial charge is 0.255 e. The second-order valence-corrected chi connectivity index (χ2v) is 8.02. The quantitative estimate of drug-likeness (QED) is 0.662. The normalized spacial score (nSPS) is 18.2. The molecule has 1 amide bonds. The predicted octanol–water partition coefficient (Wildman–Crippen LogP) is 3.49. The molecule has 2 aromatic carbocycles. The van der Waals surface area contributed by atoms with Crippen molar-refractivity contribution >= 4 is 22.7 Å². The molecule has 1 aromatic heterocycles. The van der Waals surface area contributed by atoms with Crippen molar-refractivity contribution < 1.29 is 18.5 Å². The van der Waals surface area contributed by atoms with Crippen molar-refractivity contribution in [1.82, 2.24) is 15.0 Å². The summed E-state index contributed by atoms with van der Waals surface area (Å²) < 4.78 is 18.7. The minimum absolute atomic E-state index is 0.00162. The van der Waals surface area contributed by atoms with Gasteiger partial charge in [0.05, 0.1) is 17.8 Å². The average Bonchev–Trinajstić information content (AvgIpc) is 3.18. The van der Waals surface area contributed by atoms with Gasteiger partial charge in [0.15, 0.2) is 11.4 Å². The Morgan fingerprint density at radius 1 is 1.03 bits per heavy atom. The minimum Gasteiger partial charge on any atom is -0.356 e. The van der Waals surface area contributed by atoms with Crippen LogP contribution in [-0.2, 0) is 0 Å². The van der Waals surface area contributed by atoms with Crippen LogP contribution in [0.5, 0.6) is 0 Å². The Morgan fingerprint density at radius 2 is 1.80 bits per heavy atom. The highest BCUT2D eigenvalue weighted by atomic mass is 19.1. The summed E-state index contributed by atoms with van der Waals surface area (Å²) in [4.78, 5) is 29.0. The molecule has 0 aliphatic carbocycles. The topological polar surface area (TPSA) is 66.7 Å². The summed E-state index contributed by atoms with van der Waals surface area (Å²) in [5.74, 6) is -0.119. The van der Waals surface area contributed by atoms with E-state index in [9.17, 15) is 14.0 Å². The first kappa shape index (κ1) is 18.9. The number of ketones is 1. The fraction of sp³-hybridized carbons (Fsp3) is 0.348. The van der Waals surface area contributed by atoms with E-state index in [0.717, 1.165) is 43.6 Å². The molecule has 0 atom stereocenters. The van der Waals surface area contributed by atoms with Crippen molar-refractivity contribution in [2.45, 2.75) is 18.8 Å². The minimum atomic E-state index is -0.326. The molecule has 1 saturated heterocycles. The van der Waals surface area contributed by atoms with E-state index in [1.165, 1.54) is 12.1 Å². The molecule has 2 aliphatic heterocycles. The lowest BCUT2D eigenvalue weighted by molar-refractivity contribution is 0.0655. The Kier molecular flexibility index (Phi) is 4.83. The van der Waals surface area contributed by atoms with Gasteiger partial charge in [-0.1, -0.05) is 23.4 Å². The molecule has 30 heavy (non-hydrogen) atoms. The Labute approximate surface area is 173 Å². The van der Waals surface area contributed by atoms with Gasteiger partial charge in [0, 0.05) is 36.0 Å². The molecule has 3 aromatic rings. The fourth-order valence-corrected chi connectivity index (χ4v) is 4.51. The van der Waals surface area contributed by atoms with E-state index in [2.05, 4.69) is 10.1 Å². The van der Waals surface area contributed by atoms with Crippen LogP contribution in [0.1, 0.15) is 45.2 Å². The van der Waals surface area contributed by atoms with Gasteiger partial charge in [-0.3, -0.25) is 9.59 Å². The van der Waals surface area contributed by atoms with Crippen LogP contribution in [0.15, 0.2) is 47.0 Å². The van der Waals surface area contributed by atoms with Gasteiger partial charge in [-0.25, -0.2) is 4.39 Å². The van der Waals surface area contributed by atoms with Crippen LogP contribution >= 0.6 is 0 Å². The summed E-state index contributed by atoms with van der Waals surface area (Å²) in [5, 5.41) is 5.07. The van der Waals surface area contributed by atoms with Crippen molar-refractivity contribution in [3.05, 3.63) is 65.1 Å². The van der Waals surface area contributed by atoms with Crippen molar-refractivity contribution in [2.24, 2.45) is 0 Å². The molecule has 154 valence electrons. The number of nitrogens with zero attached hydrogens (tertiary/aromatic N) is 3. The summed E-state index contributed by atoms with van der Waals surface area (Å²) in [7, 11) is 0. The predicted molar refractivity (Wildman–Crippen MR) is 109 cm³/mol. The summed E-state index contributed by atoms with van der Waals surface area (Å²) in [6.07, 6.45) is 1.85. The van der Waals surface area contributed by atoms with Gasteiger partial charge in [0.2, 0.25) is 0 Å². The highest BCUT2D eigenvalue weighted by Crippen LogP contribution is 2.32. The molecule has 0 spiro atoms. The Balaban J connectivity index is 1.19. The van der Waals surface area contributed by atoms with Crippen LogP contribution in [0, 0.1) is 5.82 Å². The van der Waals surface area contributed by atoms with Gasteiger partial charge < -0.3 is 14.3 Å². The van der Waals surface area contributed by atoms with E-state index in [-0.39, 0.29) is 30.0 Å². The third kappa shape index (κ3) is 3.39. The van der Waals surface area contributed by atoms with E-state index in [4.69, 9.17) is 4.52 Å². The number of carbonyl (C=O) groups is 2. The molecule has 6 nitrogen and oxygen atoms in total. The van der Waals surface area contributed by atoms with Crippen LogP contribution in [0.3, 0.4) is 0 Å². The average molecular weight is 407 g/mol. The number of fused-ring (bicyclic) bond motifs is 2. The molecule has 7 heteroatoms. The molecule has 0 unspecified atom stereocenters. The van der Waals surface area contributed by atoms with Gasteiger partial charge in [-0.15, -0.1) is 0 Å². The molecular formula is C23H22FN3O3. The Bertz CT molecular complexity index is 1120. The van der Waals surface area contributed by atoms with E-state index in [1.807, 2.05) is 0 Å². The molecule has 5 rings (SSSR count). The number of piperidine rings is 1. The molecule has 2 aliphatic rings. The number of hydrogen-bond donors (Lipinski definition) is 0. The molecule has 0 N–H and O–H groups in total. The number of carbonyl (C=O) groups excluding carboxylic acids is 2. The van der Waals surface area contributed by atoms with Crippen LogP contribution < -0.4 is 0 Å². The molecule has 1 fully saturated rings. The zero-order valence-corrected chi connectivity index (χ0v) is 16.5. The van der Waals surface area contributed by atoms with Gasteiger partial charge in [-0.05, 0) is 44.1 Å². The van der Waals surface area contributed by atoms with Crippen molar-refractivity contribution in [3.8, 4) is 0 Å². The van der Waals surface area contributed by atoms with Crippen molar-refractivity contribution in [2.75, 3.05) is 32.7 Å². The highest BCUT2D eigenvalue weighted by molar-refractivity contribution is 6.13. The van der Waals surface area contributed by atoms with Crippen LogP contribution in [0.4, 0.5) is 4.39 Å². The zero-order chi connectivity index (χ0) is 20.7. The molecule has 3 heterocycles. The lowest BCUT2D eigenvalue weighted by Gasteiger charge is -2.34. The van der Waals surface area contributed by atoms with E-state index < -0.39 is 0 Å². The monoisotopic (exact) mass is 407 g/mol. The number of halogens is 1. The SMILES string of the molecule is O=C1CN(CCN2CCC(c3noc4cc(F)ccc34)CC2)C(=O)c2ccccc21. The largest absolute Gasteiger partial charge is 0.356 e. The lowest BCUT2D eigenvalue weighted by Crippen LogP contribution is -2.46. The number of rotatable bonds is 4. The van der Waals surface area contributed by atoms with E-state index in [1.54, 1.807) is 35.2 Å². The van der Waals surface area contributed by atoms with Gasteiger partial charge in [-0.2, -0.15) is 0 Å². The molecule has 0 saturated carbocycles. The summed E-state index contributed by atoms with van der Waals surface area (Å²) in [6, 6.07) is 11.6. The van der Waals surface area contributed by atoms with Crippen LogP contribution in [-0.4, -0.2) is 59.4 Å². The maximum Gasteiger partial charge on any atom is 0.255 e. The summed E-state index contributed by atoms with van der Waals surface area (Å²) in [5.41, 5.74) is 2.42. The number of hydrogen-bond acceptors (Lipinski definition) is 5. The third-order valence-corrected chi connectivity index (χ3v) is 6.20. The first-order valence-electron chi connectivity index (χ1n) is 10.3. The number of Topliss-reactive ketones (excluding diaryl/α,β-unsaturated/α-hetero) is 1. The summed E-state index contributed by atoms with van der Waals surface area (Å²) in [6.45, 7) is 3.18. The Hall–Kier alpha value is -3.06. The zero-order valence-electron chi connectivity index (χ0n) is 16.5. The molecular weight excluding hydrogens is 385 g/mol. The van der Waals surface area contributed by atoms with Crippen LogP contribution in [0.25, 0.3) is 11.0 Å². The summed E-state index contributed by atoms with van der Waals surface area (Å²) >= 11 is 0.